The summed E-state index contributed by atoms with van der Waals surface area (Å²) in [6, 6.07) is 1.23. The van der Waals surface area contributed by atoms with Gasteiger partial charge in [-0.25, -0.2) is 0 Å². The van der Waals surface area contributed by atoms with Crippen molar-refractivity contribution in [2.45, 2.75) is 71.3 Å². The molecule has 0 aromatic carbocycles. The lowest BCUT2D eigenvalue weighted by Gasteiger charge is -2.28. The maximum absolute atomic E-state index is 12.6. The fourth-order valence-electron chi connectivity index (χ4n) is 1.96. The first-order valence-electron chi connectivity index (χ1n) is 9.02. The van der Waals surface area contributed by atoms with Crippen molar-refractivity contribution < 1.29 is 14.1 Å². The second kappa shape index (κ2) is 8.61. The standard InChI is InChI=1S/C18H29ClN4O3S/c1-17(2,3)16(24)20-14-9-12(15(19)22-21-14)13(10-26-11-7-8-11)23-27(25)18(4,5)6/h9,11,13,23H,7-8,10H2,1-6H3,(H,20,21,24). The second-order valence-electron chi connectivity index (χ2n) is 8.76. The zero-order valence-electron chi connectivity index (χ0n) is 16.8. The van der Waals surface area contributed by atoms with E-state index in [1.807, 2.05) is 41.5 Å². The molecule has 1 heterocycles. The third-order valence-corrected chi connectivity index (χ3v) is 5.81. The molecule has 1 aliphatic rings. The molecule has 2 rings (SSSR count). The summed E-state index contributed by atoms with van der Waals surface area (Å²) in [6.45, 7) is 11.4. The molecular formula is C18H29ClN4O3S. The fraction of sp³-hybridized carbons (Fsp3) is 0.722. The van der Waals surface area contributed by atoms with Gasteiger partial charge in [0.2, 0.25) is 5.91 Å². The van der Waals surface area contributed by atoms with Crippen molar-refractivity contribution in [2.75, 3.05) is 11.9 Å². The van der Waals surface area contributed by atoms with Crippen LogP contribution >= 0.6 is 11.6 Å². The van der Waals surface area contributed by atoms with Gasteiger partial charge in [0.1, 0.15) is 10.8 Å². The van der Waals surface area contributed by atoms with E-state index in [1.54, 1.807) is 6.07 Å². The van der Waals surface area contributed by atoms with Gasteiger partial charge in [0.15, 0.2) is 11.0 Å². The first-order chi connectivity index (χ1) is 12.4. The minimum Gasteiger partial charge on any atom is -0.598 e. The molecule has 2 atom stereocenters. The number of hydrogen-bond acceptors (Lipinski definition) is 6. The SMILES string of the molecule is CC(C)(C)C(=O)Nc1cc(C(COC2CC2)N[S+]([O-])C(C)(C)C)c(Cl)nn1. The molecular weight excluding hydrogens is 388 g/mol. The molecule has 27 heavy (non-hydrogen) atoms. The van der Waals surface area contributed by atoms with Crippen LogP contribution < -0.4 is 10.0 Å². The topological polar surface area (TPSA) is 99.2 Å². The van der Waals surface area contributed by atoms with Crippen LogP contribution in [-0.2, 0) is 20.9 Å². The molecule has 1 fully saturated rings. The molecule has 1 aromatic rings. The highest BCUT2D eigenvalue weighted by Crippen LogP contribution is 2.30. The van der Waals surface area contributed by atoms with Gasteiger partial charge in [-0.15, -0.1) is 14.9 Å². The van der Waals surface area contributed by atoms with Gasteiger partial charge in [0.25, 0.3) is 0 Å². The zero-order valence-corrected chi connectivity index (χ0v) is 18.3. The Balaban J connectivity index is 2.23. The second-order valence-corrected chi connectivity index (χ2v) is 11.1. The van der Waals surface area contributed by atoms with Crippen molar-refractivity contribution in [1.82, 2.24) is 14.9 Å². The van der Waals surface area contributed by atoms with E-state index in [9.17, 15) is 9.35 Å². The van der Waals surface area contributed by atoms with Gasteiger partial charge in [-0.05, 0) is 39.7 Å². The monoisotopic (exact) mass is 416 g/mol. The zero-order chi connectivity index (χ0) is 20.4. The Kier molecular flexibility index (Phi) is 7.13. The van der Waals surface area contributed by atoms with E-state index in [2.05, 4.69) is 20.2 Å². The van der Waals surface area contributed by atoms with Gasteiger partial charge in [0.05, 0.1) is 12.7 Å². The Morgan fingerprint density at radius 2 is 1.96 bits per heavy atom. The minimum absolute atomic E-state index is 0.179. The van der Waals surface area contributed by atoms with Gasteiger partial charge >= 0.3 is 0 Å². The van der Waals surface area contributed by atoms with Crippen molar-refractivity contribution in [3.05, 3.63) is 16.8 Å². The number of halogens is 1. The van der Waals surface area contributed by atoms with Crippen LogP contribution in [0.5, 0.6) is 0 Å². The van der Waals surface area contributed by atoms with Crippen LogP contribution in [0.4, 0.5) is 5.82 Å². The van der Waals surface area contributed by atoms with E-state index in [0.29, 0.717) is 18.0 Å². The van der Waals surface area contributed by atoms with Gasteiger partial charge < -0.3 is 14.6 Å². The molecule has 7 nitrogen and oxygen atoms in total. The average Bonchev–Trinajstić information content (AvgIpc) is 3.35. The van der Waals surface area contributed by atoms with Crippen molar-refractivity contribution in [1.29, 1.82) is 0 Å². The predicted molar refractivity (Wildman–Crippen MR) is 108 cm³/mol. The van der Waals surface area contributed by atoms with Crippen LogP contribution in [-0.4, -0.2) is 38.1 Å². The summed E-state index contributed by atoms with van der Waals surface area (Å²) >= 11 is 4.94. The summed E-state index contributed by atoms with van der Waals surface area (Å²) in [6.07, 6.45) is 2.31. The lowest BCUT2D eigenvalue weighted by atomic mass is 9.96. The highest BCUT2D eigenvalue weighted by atomic mass is 35.5. The first-order valence-corrected chi connectivity index (χ1v) is 10.5. The van der Waals surface area contributed by atoms with Crippen LogP contribution in [0, 0.1) is 5.41 Å². The van der Waals surface area contributed by atoms with Crippen molar-refractivity contribution in [3.8, 4) is 0 Å². The summed E-state index contributed by atoms with van der Waals surface area (Å²) in [5, 5.41) is 10.8. The van der Waals surface area contributed by atoms with Crippen molar-refractivity contribution in [2.24, 2.45) is 5.41 Å². The van der Waals surface area contributed by atoms with Gasteiger partial charge in [-0.3, -0.25) is 4.79 Å². The largest absolute Gasteiger partial charge is 0.598 e. The van der Waals surface area contributed by atoms with Crippen molar-refractivity contribution >= 4 is 34.7 Å². The molecule has 9 heteroatoms. The number of anilines is 1. The number of ether oxygens (including phenoxy) is 1. The van der Waals surface area contributed by atoms with E-state index in [0.717, 1.165) is 12.8 Å². The maximum atomic E-state index is 12.6. The molecule has 1 aliphatic carbocycles. The predicted octanol–water partition coefficient (Wildman–Crippen LogP) is 3.39. The van der Waals surface area contributed by atoms with E-state index in [1.165, 1.54) is 0 Å². The third kappa shape index (κ3) is 6.87. The highest BCUT2D eigenvalue weighted by molar-refractivity contribution is 7.90. The first kappa shape index (κ1) is 22.4. The molecule has 0 aliphatic heterocycles. The number of carbonyl (C=O) groups excluding carboxylic acids is 1. The van der Waals surface area contributed by atoms with Crippen LogP contribution in [0.25, 0.3) is 0 Å². The molecule has 1 saturated carbocycles. The van der Waals surface area contributed by atoms with E-state index in [4.69, 9.17) is 16.3 Å². The lowest BCUT2D eigenvalue weighted by Crippen LogP contribution is -2.42. The lowest BCUT2D eigenvalue weighted by molar-refractivity contribution is -0.123. The van der Waals surface area contributed by atoms with Crippen LogP contribution in [0.15, 0.2) is 6.07 Å². The number of carbonyl (C=O) groups is 1. The van der Waals surface area contributed by atoms with Crippen LogP contribution in [0.2, 0.25) is 5.15 Å². The number of nitrogens with one attached hydrogen (secondary N) is 2. The Morgan fingerprint density at radius 1 is 1.33 bits per heavy atom. The molecule has 2 N–H and O–H groups in total. The summed E-state index contributed by atoms with van der Waals surface area (Å²) < 4.78 is 21.1. The van der Waals surface area contributed by atoms with Gasteiger partial charge in [0, 0.05) is 22.3 Å². The Bertz CT molecular complexity index is 672. The number of rotatable bonds is 7. The molecule has 1 amide bonds. The maximum Gasteiger partial charge on any atom is 0.230 e. The molecule has 152 valence electrons. The molecule has 0 saturated heterocycles. The summed E-state index contributed by atoms with van der Waals surface area (Å²) in [7, 11) is 0. The summed E-state index contributed by atoms with van der Waals surface area (Å²) in [4.78, 5) is 12.2. The Morgan fingerprint density at radius 3 is 2.48 bits per heavy atom. The summed E-state index contributed by atoms with van der Waals surface area (Å²) in [5.41, 5.74) is 0.0243. The van der Waals surface area contributed by atoms with Crippen LogP contribution in [0.3, 0.4) is 0 Å². The number of nitrogens with zero attached hydrogens (tertiary/aromatic N) is 2. The van der Waals surface area contributed by atoms with Crippen LogP contribution in [0.1, 0.15) is 66.0 Å². The van der Waals surface area contributed by atoms with E-state index < -0.39 is 27.6 Å². The highest BCUT2D eigenvalue weighted by Gasteiger charge is 2.33. The molecule has 0 radical (unpaired) electrons. The molecule has 1 aromatic heterocycles. The summed E-state index contributed by atoms with van der Waals surface area (Å²) in [5.74, 6) is 0.121. The quantitative estimate of drug-likeness (QED) is 0.661. The minimum atomic E-state index is -1.33. The normalized spacial score (nSPS) is 17.5. The van der Waals surface area contributed by atoms with Crippen molar-refractivity contribution in [3.63, 3.8) is 0 Å². The fourth-order valence-corrected chi connectivity index (χ4v) is 2.99. The van der Waals surface area contributed by atoms with E-state index in [-0.39, 0.29) is 17.2 Å². The van der Waals surface area contributed by atoms with Gasteiger partial charge in [-0.1, -0.05) is 32.4 Å². The smallest absolute Gasteiger partial charge is 0.230 e. The Labute approximate surface area is 169 Å². The number of hydrogen-bond donors (Lipinski definition) is 2. The Hall–Kier alpha value is -0.930. The third-order valence-electron chi connectivity index (χ3n) is 3.90. The molecule has 0 bridgehead atoms. The average molecular weight is 417 g/mol. The molecule has 2 unspecified atom stereocenters. The number of aromatic nitrogens is 2. The van der Waals surface area contributed by atoms with E-state index >= 15 is 0 Å². The molecule has 0 spiro atoms. The van der Waals surface area contributed by atoms with Gasteiger partial charge in [-0.2, -0.15) is 0 Å². The number of amides is 1.